The SMILES string of the molecule is Nc1c(S(=O)(=O)c2ccccc2)c2nc3ccccc3nc2n1CCNC(=O)c1ccc(Cl)cc1Cl. The minimum Gasteiger partial charge on any atom is -0.384 e. The van der Waals surface area contributed by atoms with Crippen LogP contribution < -0.4 is 11.1 Å². The van der Waals surface area contributed by atoms with Crippen LogP contribution in [0.2, 0.25) is 10.0 Å². The van der Waals surface area contributed by atoms with Crippen LogP contribution in [0.25, 0.3) is 22.2 Å². The lowest BCUT2D eigenvalue weighted by Gasteiger charge is -2.10. The van der Waals surface area contributed by atoms with Crippen molar-refractivity contribution in [2.24, 2.45) is 0 Å². The van der Waals surface area contributed by atoms with E-state index in [4.69, 9.17) is 28.9 Å². The average Bonchev–Trinajstić information content (AvgIpc) is 3.13. The molecule has 0 atom stereocenters. The van der Waals surface area contributed by atoms with Gasteiger partial charge in [-0.1, -0.05) is 53.5 Å². The third kappa shape index (κ3) is 4.26. The minimum atomic E-state index is -4.00. The van der Waals surface area contributed by atoms with Crippen molar-refractivity contribution < 1.29 is 13.2 Å². The van der Waals surface area contributed by atoms with Crippen molar-refractivity contribution in [3.05, 3.63) is 88.4 Å². The van der Waals surface area contributed by atoms with Crippen molar-refractivity contribution in [3.63, 3.8) is 0 Å². The fraction of sp³-hybridized carbons (Fsp3) is 0.0800. The van der Waals surface area contributed by atoms with Crippen LogP contribution in [0.4, 0.5) is 5.82 Å². The summed E-state index contributed by atoms with van der Waals surface area (Å²) in [6, 6.07) is 19.7. The van der Waals surface area contributed by atoms with Gasteiger partial charge in [-0.25, -0.2) is 18.4 Å². The van der Waals surface area contributed by atoms with E-state index in [0.29, 0.717) is 21.7 Å². The molecule has 5 rings (SSSR count). The fourth-order valence-corrected chi connectivity index (χ4v) is 5.97. The number of aromatic nitrogens is 3. The highest BCUT2D eigenvalue weighted by Gasteiger charge is 2.30. The van der Waals surface area contributed by atoms with Gasteiger partial charge in [0, 0.05) is 18.1 Å². The van der Waals surface area contributed by atoms with Gasteiger partial charge in [0.05, 0.1) is 26.5 Å². The number of hydrogen-bond donors (Lipinski definition) is 2. The number of fused-ring (bicyclic) bond motifs is 2. The van der Waals surface area contributed by atoms with Crippen LogP contribution in [0, 0.1) is 0 Å². The minimum absolute atomic E-state index is 0.0112. The standard InChI is InChI=1S/C25H19Cl2N5O3S/c26-15-10-11-17(18(27)14-15)25(33)29-12-13-32-23(28)22(36(34,35)16-6-2-1-3-7-16)21-24(32)31-20-9-5-4-8-19(20)30-21/h1-11,14H,12-13,28H2,(H,29,33). The Morgan fingerprint density at radius 2 is 1.61 bits per heavy atom. The number of nitrogens with zero attached hydrogens (tertiary/aromatic N) is 3. The topological polar surface area (TPSA) is 120 Å². The average molecular weight is 540 g/mol. The van der Waals surface area contributed by atoms with Gasteiger partial charge in [0.15, 0.2) is 5.65 Å². The second-order valence-electron chi connectivity index (χ2n) is 7.95. The predicted octanol–water partition coefficient (Wildman–Crippen LogP) is 4.74. The Morgan fingerprint density at radius 3 is 2.31 bits per heavy atom. The number of sulfone groups is 1. The molecule has 36 heavy (non-hydrogen) atoms. The molecule has 5 aromatic rings. The van der Waals surface area contributed by atoms with Crippen molar-refractivity contribution in [2.45, 2.75) is 16.3 Å². The summed E-state index contributed by atoms with van der Waals surface area (Å²) in [7, 11) is -4.00. The molecule has 0 saturated carbocycles. The van der Waals surface area contributed by atoms with Gasteiger partial charge in [0.2, 0.25) is 9.84 Å². The van der Waals surface area contributed by atoms with Crippen LogP contribution in [-0.4, -0.2) is 35.4 Å². The van der Waals surface area contributed by atoms with Crippen molar-refractivity contribution >= 4 is 67.0 Å². The second kappa shape index (κ2) is 9.42. The summed E-state index contributed by atoms with van der Waals surface area (Å²) in [6.45, 7) is 0.279. The molecule has 2 aromatic heterocycles. The zero-order valence-electron chi connectivity index (χ0n) is 18.7. The van der Waals surface area contributed by atoms with E-state index in [9.17, 15) is 13.2 Å². The molecule has 0 radical (unpaired) electrons. The molecule has 3 N–H and O–H groups in total. The molecule has 0 saturated heterocycles. The summed E-state index contributed by atoms with van der Waals surface area (Å²) in [4.78, 5) is 21.9. The fourth-order valence-electron chi connectivity index (χ4n) is 3.95. The Morgan fingerprint density at radius 1 is 0.944 bits per heavy atom. The third-order valence-electron chi connectivity index (χ3n) is 5.67. The number of anilines is 1. The summed E-state index contributed by atoms with van der Waals surface area (Å²) in [5.41, 5.74) is 8.29. The first-order chi connectivity index (χ1) is 17.3. The molecule has 1 amide bonds. The molecule has 0 aliphatic carbocycles. The molecule has 0 fully saturated rings. The van der Waals surface area contributed by atoms with E-state index in [-0.39, 0.29) is 44.8 Å². The molecule has 2 heterocycles. The Bertz CT molecular complexity index is 1740. The van der Waals surface area contributed by atoms with Gasteiger partial charge in [-0.15, -0.1) is 0 Å². The first-order valence-electron chi connectivity index (χ1n) is 10.8. The number of nitrogens with two attached hydrogens (primary N) is 1. The zero-order valence-corrected chi connectivity index (χ0v) is 21.0. The number of nitrogen functional groups attached to an aromatic ring is 1. The smallest absolute Gasteiger partial charge is 0.252 e. The number of hydrogen-bond acceptors (Lipinski definition) is 6. The molecule has 0 aliphatic heterocycles. The van der Waals surface area contributed by atoms with Crippen molar-refractivity contribution in [3.8, 4) is 0 Å². The molecular formula is C25H19Cl2N5O3S. The summed E-state index contributed by atoms with van der Waals surface area (Å²) in [5, 5.41) is 3.42. The first-order valence-corrected chi connectivity index (χ1v) is 13.1. The molecule has 0 unspecified atom stereocenters. The van der Waals surface area contributed by atoms with E-state index in [1.54, 1.807) is 47.0 Å². The molecular weight excluding hydrogens is 521 g/mol. The summed E-state index contributed by atoms with van der Waals surface area (Å²) < 4.78 is 28.7. The highest BCUT2D eigenvalue weighted by Crippen LogP contribution is 2.35. The number of amides is 1. The van der Waals surface area contributed by atoms with Gasteiger partial charge < -0.3 is 15.6 Å². The van der Waals surface area contributed by atoms with Gasteiger partial charge >= 0.3 is 0 Å². The van der Waals surface area contributed by atoms with E-state index in [2.05, 4.69) is 15.3 Å². The van der Waals surface area contributed by atoms with Crippen molar-refractivity contribution in [2.75, 3.05) is 12.3 Å². The molecule has 0 aliphatic rings. The van der Waals surface area contributed by atoms with E-state index in [0.717, 1.165) is 0 Å². The zero-order chi connectivity index (χ0) is 25.4. The van der Waals surface area contributed by atoms with Crippen molar-refractivity contribution in [1.82, 2.24) is 19.9 Å². The van der Waals surface area contributed by atoms with E-state index < -0.39 is 15.7 Å². The Labute approximate surface area is 216 Å². The van der Waals surface area contributed by atoms with E-state index in [1.807, 2.05) is 6.07 Å². The van der Waals surface area contributed by atoms with E-state index >= 15 is 0 Å². The number of benzene rings is 3. The molecule has 3 aromatic carbocycles. The lowest BCUT2D eigenvalue weighted by Crippen LogP contribution is -2.28. The number of carbonyl (C=O) groups is 1. The number of rotatable bonds is 6. The number of halogens is 2. The maximum absolute atomic E-state index is 13.6. The van der Waals surface area contributed by atoms with Gasteiger partial charge in [-0.2, -0.15) is 0 Å². The summed E-state index contributed by atoms with van der Waals surface area (Å²) in [5.74, 6) is -0.414. The largest absolute Gasteiger partial charge is 0.384 e. The van der Waals surface area contributed by atoms with Gasteiger partial charge in [-0.3, -0.25) is 4.79 Å². The molecule has 0 spiro atoms. The third-order valence-corrected chi connectivity index (χ3v) is 8.05. The monoisotopic (exact) mass is 539 g/mol. The molecule has 11 heteroatoms. The molecule has 0 bridgehead atoms. The molecule has 182 valence electrons. The predicted molar refractivity (Wildman–Crippen MR) is 140 cm³/mol. The lowest BCUT2D eigenvalue weighted by molar-refractivity contribution is 0.0952. The van der Waals surface area contributed by atoms with Crippen LogP contribution in [0.1, 0.15) is 10.4 Å². The number of para-hydroxylation sites is 2. The van der Waals surface area contributed by atoms with Crippen LogP contribution in [0.3, 0.4) is 0 Å². The Balaban J connectivity index is 1.56. The van der Waals surface area contributed by atoms with Gasteiger partial charge in [-0.05, 0) is 42.5 Å². The maximum Gasteiger partial charge on any atom is 0.252 e. The summed E-state index contributed by atoms with van der Waals surface area (Å²) in [6.07, 6.45) is 0. The lowest BCUT2D eigenvalue weighted by atomic mass is 10.2. The highest BCUT2D eigenvalue weighted by atomic mass is 35.5. The summed E-state index contributed by atoms with van der Waals surface area (Å²) >= 11 is 12.0. The number of carbonyl (C=O) groups excluding carboxylic acids is 1. The van der Waals surface area contributed by atoms with Gasteiger partial charge in [0.1, 0.15) is 16.2 Å². The molecule has 8 nitrogen and oxygen atoms in total. The van der Waals surface area contributed by atoms with E-state index in [1.165, 1.54) is 24.3 Å². The van der Waals surface area contributed by atoms with Crippen LogP contribution in [0.5, 0.6) is 0 Å². The highest BCUT2D eigenvalue weighted by molar-refractivity contribution is 7.92. The maximum atomic E-state index is 13.6. The first kappa shape index (κ1) is 24.1. The Hall–Kier alpha value is -3.66. The normalized spacial score (nSPS) is 11.7. The Kier molecular flexibility index (Phi) is 6.29. The quantitative estimate of drug-likeness (QED) is 0.321. The van der Waals surface area contributed by atoms with Crippen LogP contribution in [-0.2, 0) is 16.4 Å². The second-order valence-corrected chi connectivity index (χ2v) is 10.7. The number of nitrogens with one attached hydrogen (secondary N) is 1. The van der Waals surface area contributed by atoms with Crippen LogP contribution >= 0.6 is 23.2 Å². The van der Waals surface area contributed by atoms with Crippen molar-refractivity contribution in [1.29, 1.82) is 0 Å². The van der Waals surface area contributed by atoms with Crippen LogP contribution in [0.15, 0.2) is 82.6 Å². The van der Waals surface area contributed by atoms with Gasteiger partial charge in [0.25, 0.3) is 5.91 Å².